The lowest BCUT2D eigenvalue weighted by Crippen LogP contribution is -2.28. The Hall–Kier alpha value is -1.68. The van der Waals surface area contributed by atoms with E-state index in [4.69, 9.17) is 0 Å². The molecule has 0 saturated heterocycles. The van der Waals surface area contributed by atoms with Gasteiger partial charge in [0.25, 0.3) is 0 Å². The van der Waals surface area contributed by atoms with Crippen molar-refractivity contribution in [3.05, 3.63) is 47.5 Å². The lowest BCUT2D eigenvalue weighted by atomic mass is 10.1. The van der Waals surface area contributed by atoms with Crippen LogP contribution in [0.25, 0.3) is 0 Å². The standard InChI is InChI=1S/C17H26N4/c1-14(10-11-17-8-5-4-6-9-17)18-12-7-13-21-16(3)19-15(2)20-21/h4-6,8-9,14,18H,7,10-13H2,1-3H3/t14-/m1/s1. The summed E-state index contributed by atoms with van der Waals surface area (Å²) in [4.78, 5) is 4.32. The molecule has 114 valence electrons. The molecular formula is C17H26N4. The zero-order valence-corrected chi connectivity index (χ0v) is 13.3. The van der Waals surface area contributed by atoms with Crippen molar-refractivity contribution in [2.75, 3.05) is 6.54 Å². The Bertz CT molecular complexity index is 533. The van der Waals surface area contributed by atoms with Crippen molar-refractivity contribution in [3.63, 3.8) is 0 Å². The molecule has 1 N–H and O–H groups in total. The maximum atomic E-state index is 4.38. The number of nitrogens with one attached hydrogen (secondary N) is 1. The smallest absolute Gasteiger partial charge is 0.147 e. The molecule has 1 heterocycles. The van der Waals surface area contributed by atoms with Crippen LogP contribution >= 0.6 is 0 Å². The highest BCUT2D eigenvalue weighted by atomic mass is 15.3. The van der Waals surface area contributed by atoms with Gasteiger partial charge in [0.05, 0.1) is 0 Å². The summed E-state index contributed by atoms with van der Waals surface area (Å²) in [5, 5.41) is 7.97. The number of nitrogens with zero attached hydrogens (tertiary/aromatic N) is 3. The fourth-order valence-electron chi connectivity index (χ4n) is 2.48. The van der Waals surface area contributed by atoms with Crippen LogP contribution in [0.15, 0.2) is 30.3 Å². The van der Waals surface area contributed by atoms with Crippen molar-refractivity contribution < 1.29 is 0 Å². The second-order valence-electron chi connectivity index (χ2n) is 5.66. The van der Waals surface area contributed by atoms with E-state index in [1.54, 1.807) is 0 Å². The van der Waals surface area contributed by atoms with E-state index in [0.29, 0.717) is 6.04 Å². The lowest BCUT2D eigenvalue weighted by Gasteiger charge is -2.13. The molecule has 0 aliphatic carbocycles. The first-order chi connectivity index (χ1) is 10.1. The number of aryl methyl sites for hydroxylation is 4. The monoisotopic (exact) mass is 286 g/mol. The van der Waals surface area contributed by atoms with Gasteiger partial charge < -0.3 is 5.32 Å². The minimum atomic E-state index is 0.545. The first-order valence-electron chi connectivity index (χ1n) is 7.80. The summed E-state index contributed by atoms with van der Waals surface area (Å²) in [6.45, 7) is 8.16. The molecule has 21 heavy (non-hydrogen) atoms. The van der Waals surface area contributed by atoms with Gasteiger partial charge in [-0.15, -0.1) is 0 Å². The van der Waals surface area contributed by atoms with E-state index in [9.17, 15) is 0 Å². The van der Waals surface area contributed by atoms with E-state index in [0.717, 1.165) is 37.6 Å². The molecule has 0 radical (unpaired) electrons. The van der Waals surface area contributed by atoms with Gasteiger partial charge in [-0.05, 0) is 52.1 Å². The number of hydrogen-bond acceptors (Lipinski definition) is 3. The van der Waals surface area contributed by atoms with Gasteiger partial charge in [-0.1, -0.05) is 30.3 Å². The summed E-state index contributed by atoms with van der Waals surface area (Å²) in [6.07, 6.45) is 3.39. The van der Waals surface area contributed by atoms with Crippen molar-refractivity contribution in [1.29, 1.82) is 0 Å². The highest BCUT2D eigenvalue weighted by Crippen LogP contribution is 2.05. The quantitative estimate of drug-likeness (QED) is 0.759. The number of rotatable bonds is 8. The Labute approximate surface area is 127 Å². The summed E-state index contributed by atoms with van der Waals surface area (Å²) in [5.41, 5.74) is 1.42. The van der Waals surface area contributed by atoms with Crippen LogP contribution in [-0.4, -0.2) is 27.4 Å². The Balaban J connectivity index is 1.61. The number of hydrogen-bond donors (Lipinski definition) is 1. The highest BCUT2D eigenvalue weighted by molar-refractivity contribution is 5.14. The molecule has 0 aliphatic rings. The Morgan fingerprint density at radius 1 is 1.19 bits per heavy atom. The highest BCUT2D eigenvalue weighted by Gasteiger charge is 2.04. The average Bonchev–Trinajstić information content (AvgIpc) is 2.80. The van der Waals surface area contributed by atoms with Crippen molar-refractivity contribution in [3.8, 4) is 0 Å². The molecule has 0 bridgehead atoms. The predicted octanol–water partition coefficient (Wildman–Crippen LogP) is 2.90. The Morgan fingerprint density at radius 2 is 1.95 bits per heavy atom. The zero-order chi connectivity index (χ0) is 15.1. The van der Waals surface area contributed by atoms with Crippen molar-refractivity contribution in [2.45, 2.75) is 52.6 Å². The molecule has 0 spiro atoms. The molecule has 0 unspecified atom stereocenters. The van der Waals surface area contributed by atoms with Gasteiger partial charge in [0, 0.05) is 12.6 Å². The second-order valence-corrected chi connectivity index (χ2v) is 5.66. The third-order valence-electron chi connectivity index (χ3n) is 3.71. The van der Waals surface area contributed by atoms with Crippen LogP contribution in [0.5, 0.6) is 0 Å². The summed E-state index contributed by atoms with van der Waals surface area (Å²) in [5.74, 6) is 1.86. The fourth-order valence-corrected chi connectivity index (χ4v) is 2.48. The van der Waals surface area contributed by atoms with Crippen LogP contribution in [0.1, 0.15) is 37.0 Å². The van der Waals surface area contributed by atoms with Gasteiger partial charge in [0.2, 0.25) is 0 Å². The number of aromatic nitrogens is 3. The molecule has 0 saturated carbocycles. The average molecular weight is 286 g/mol. The molecule has 2 aromatic rings. The summed E-state index contributed by atoms with van der Waals surface area (Å²) in [6, 6.07) is 11.2. The van der Waals surface area contributed by atoms with E-state index in [1.165, 1.54) is 12.0 Å². The molecule has 0 fully saturated rings. The molecule has 1 atom stereocenters. The fraction of sp³-hybridized carbons (Fsp3) is 0.529. The molecule has 4 heteroatoms. The third kappa shape index (κ3) is 5.31. The first kappa shape index (κ1) is 15.7. The van der Waals surface area contributed by atoms with Crippen LogP contribution in [0.2, 0.25) is 0 Å². The first-order valence-corrected chi connectivity index (χ1v) is 7.80. The Morgan fingerprint density at radius 3 is 2.62 bits per heavy atom. The van der Waals surface area contributed by atoms with E-state index in [2.05, 4.69) is 52.7 Å². The predicted molar refractivity (Wildman–Crippen MR) is 86.3 cm³/mol. The van der Waals surface area contributed by atoms with E-state index < -0.39 is 0 Å². The minimum Gasteiger partial charge on any atom is -0.314 e. The normalized spacial score (nSPS) is 12.5. The summed E-state index contributed by atoms with van der Waals surface area (Å²) in [7, 11) is 0. The summed E-state index contributed by atoms with van der Waals surface area (Å²) < 4.78 is 1.99. The second kappa shape index (κ2) is 7.93. The molecule has 2 rings (SSSR count). The maximum absolute atomic E-state index is 4.38. The third-order valence-corrected chi connectivity index (χ3v) is 3.71. The molecule has 1 aromatic carbocycles. The van der Waals surface area contributed by atoms with Gasteiger partial charge >= 0.3 is 0 Å². The van der Waals surface area contributed by atoms with Crippen LogP contribution in [0, 0.1) is 13.8 Å². The van der Waals surface area contributed by atoms with E-state index >= 15 is 0 Å². The molecule has 0 amide bonds. The zero-order valence-electron chi connectivity index (χ0n) is 13.3. The Kier molecular flexibility index (Phi) is 5.93. The van der Waals surface area contributed by atoms with Gasteiger partial charge in [0.15, 0.2) is 0 Å². The largest absolute Gasteiger partial charge is 0.314 e. The maximum Gasteiger partial charge on any atom is 0.147 e. The van der Waals surface area contributed by atoms with Crippen molar-refractivity contribution >= 4 is 0 Å². The number of benzene rings is 1. The minimum absolute atomic E-state index is 0.545. The summed E-state index contributed by atoms with van der Waals surface area (Å²) >= 11 is 0. The molecular weight excluding hydrogens is 260 g/mol. The van der Waals surface area contributed by atoms with Crippen LogP contribution in [0.4, 0.5) is 0 Å². The van der Waals surface area contributed by atoms with Gasteiger partial charge in [0.1, 0.15) is 11.6 Å². The van der Waals surface area contributed by atoms with Crippen LogP contribution in [0.3, 0.4) is 0 Å². The molecule has 0 aliphatic heterocycles. The van der Waals surface area contributed by atoms with E-state index in [-0.39, 0.29) is 0 Å². The molecule has 1 aromatic heterocycles. The molecule has 4 nitrogen and oxygen atoms in total. The topological polar surface area (TPSA) is 42.7 Å². The van der Waals surface area contributed by atoms with Gasteiger partial charge in [-0.25, -0.2) is 4.98 Å². The van der Waals surface area contributed by atoms with Crippen LogP contribution < -0.4 is 5.32 Å². The van der Waals surface area contributed by atoms with Crippen LogP contribution in [-0.2, 0) is 13.0 Å². The van der Waals surface area contributed by atoms with E-state index in [1.807, 2.05) is 18.5 Å². The van der Waals surface area contributed by atoms with Gasteiger partial charge in [-0.3, -0.25) is 4.68 Å². The van der Waals surface area contributed by atoms with Crippen molar-refractivity contribution in [1.82, 2.24) is 20.1 Å². The SMILES string of the molecule is Cc1nc(C)n(CCCN[C@H](C)CCc2ccccc2)n1. The lowest BCUT2D eigenvalue weighted by molar-refractivity contribution is 0.474. The van der Waals surface area contributed by atoms with Gasteiger partial charge in [-0.2, -0.15) is 5.10 Å². The van der Waals surface area contributed by atoms with Crippen molar-refractivity contribution in [2.24, 2.45) is 0 Å².